The van der Waals surface area contributed by atoms with E-state index in [1.807, 2.05) is 12.1 Å². The molecule has 0 bridgehead atoms. The molecule has 0 unspecified atom stereocenters. The molecule has 0 aliphatic rings. The van der Waals surface area contributed by atoms with Crippen molar-refractivity contribution in [2.45, 2.75) is 32.6 Å². The molecule has 2 aromatic carbocycles. The fraction of sp³-hybridized carbons (Fsp3) is 0.250. The number of carboxylic acid groups (broad SMARTS) is 2. The van der Waals surface area contributed by atoms with Gasteiger partial charge < -0.3 is 15.7 Å². The topological polar surface area (TPSA) is 123 Å². The summed E-state index contributed by atoms with van der Waals surface area (Å²) in [5.41, 5.74) is 0.459. The first kappa shape index (κ1) is 21.1. The summed E-state index contributed by atoms with van der Waals surface area (Å²) in [6.45, 7) is 2.13. The Balaban J connectivity index is 0.00000338. The van der Waals surface area contributed by atoms with Gasteiger partial charge >= 0.3 is 11.9 Å². The van der Waals surface area contributed by atoms with Gasteiger partial charge in [0, 0.05) is 5.56 Å². The van der Waals surface area contributed by atoms with E-state index in [1.165, 1.54) is 18.2 Å². The van der Waals surface area contributed by atoms with Crippen molar-refractivity contribution >= 4 is 17.7 Å². The van der Waals surface area contributed by atoms with Crippen molar-refractivity contribution in [2.75, 3.05) is 0 Å². The molecule has 0 aliphatic carbocycles. The number of hydrogen-bond acceptors (Lipinski definition) is 3. The summed E-state index contributed by atoms with van der Waals surface area (Å²) in [7, 11) is 0. The normalized spacial score (nSPS) is 10.0. The van der Waals surface area contributed by atoms with Crippen molar-refractivity contribution < 1.29 is 30.1 Å². The van der Waals surface area contributed by atoms with E-state index in [1.54, 1.807) is 12.1 Å². The SMILES string of the molecule is CCCCCc1ccc(C(=O)c2c(C(=O)O)cccc2C(=O)O)cc1.O. The minimum atomic E-state index is -1.33. The number of hydrogen-bond donors (Lipinski definition) is 2. The lowest BCUT2D eigenvalue weighted by atomic mass is 9.92. The fourth-order valence-corrected chi connectivity index (χ4v) is 2.70. The van der Waals surface area contributed by atoms with E-state index in [0.717, 1.165) is 31.2 Å². The van der Waals surface area contributed by atoms with Crippen molar-refractivity contribution in [3.8, 4) is 0 Å². The number of carbonyl (C=O) groups excluding carboxylic acids is 1. The first-order valence-corrected chi connectivity index (χ1v) is 8.19. The molecule has 0 aromatic heterocycles. The largest absolute Gasteiger partial charge is 0.478 e. The monoisotopic (exact) mass is 358 g/mol. The van der Waals surface area contributed by atoms with Crippen molar-refractivity contribution in [3.63, 3.8) is 0 Å². The van der Waals surface area contributed by atoms with E-state index < -0.39 is 17.7 Å². The molecule has 6 heteroatoms. The summed E-state index contributed by atoms with van der Waals surface area (Å²) in [6, 6.07) is 10.7. The van der Waals surface area contributed by atoms with Gasteiger partial charge in [-0.05, 0) is 30.5 Å². The molecule has 0 spiro atoms. The molecule has 0 fully saturated rings. The zero-order valence-corrected chi connectivity index (χ0v) is 14.5. The molecular formula is C20H22O6. The van der Waals surface area contributed by atoms with Crippen LogP contribution in [0.5, 0.6) is 0 Å². The van der Waals surface area contributed by atoms with E-state index >= 15 is 0 Å². The van der Waals surface area contributed by atoms with Crippen LogP contribution in [0.3, 0.4) is 0 Å². The molecule has 0 amide bonds. The Morgan fingerprint density at radius 1 is 0.846 bits per heavy atom. The average molecular weight is 358 g/mol. The van der Waals surface area contributed by atoms with Crippen molar-refractivity contribution in [1.82, 2.24) is 0 Å². The van der Waals surface area contributed by atoms with Crippen LogP contribution in [-0.4, -0.2) is 33.4 Å². The molecule has 0 atom stereocenters. The summed E-state index contributed by atoms with van der Waals surface area (Å²) in [5, 5.41) is 18.6. The number of aromatic carboxylic acids is 2. The summed E-state index contributed by atoms with van der Waals surface area (Å²) >= 11 is 0. The highest BCUT2D eigenvalue weighted by atomic mass is 16.4. The van der Waals surface area contributed by atoms with E-state index in [0.29, 0.717) is 0 Å². The Morgan fingerprint density at radius 3 is 1.85 bits per heavy atom. The van der Waals surface area contributed by atoms with Crippen LogP contribution in [0.2, 0.25) is 0 Å². The Kier molecular flexibility index (Phi) is 7.68. The summed E-state index contributed by atoms with van der Waals surface area (Å²) in [5.74, 6) is -3.26. The van der Waals surface area contributed by atoms with E-state index in [2.05, 4.69) is 6.92 Å². The lowest BCUT2D eigenvalue weighted by Crippen LogP contribution is -2.15. The number of ketones is 1. The molecule has 6 nitrogen and oxygen atoms in total. The predicted molar refractivity (Wildman–Crippen MR) is 97.1 cm³/mol. The zero-order valence-electron chi connectivity index (χ0n) is 14.5. The van der Waals surface area contributed by atoms with Crippen molar-refractivity contribution in [2.24, 2.45) is 0 Å². The maximum absolute atomic E-state index is 12.7. The summed E-state index contributed by atoms with van der Waals surface area (Å²) in [4.78, 5) is 35.5. The predicted octanol–water partition coefficient (Wildman–Crippen LogP) is 3.22. The standard InChI is InChI=1S/C20H20O5.H2O/c1-2-3-4-6-13-9-11-14(12-10-13)18(21)17-15(19(22)23)7-5-8-16(17)20(24)25;/h5,7-12H,2-4,6H2,1H3,(H,22,23)(H,24,25);1H2. The number of aryl methyl sites for hydroxylation is 1. The van der Waals surface area contributed by atoms with Crippen LogP contribution in [0.4, 0.5) is 0 Å². The minimum Gasteiger partial charge on any atom is -0.478 e. The van der Waals surface area contributed by atoms with Crippen LogP contribution in [0.25, 0.3) is 0 Å². The second-order valence-corrected chi connectivity index (χ2v) is 5.82. The number of carbonyl (C=O) groups is 3. The summed E-state index contributed by atoms with van der Waals surface area (Å²) in [6.07, 6.45) is 4.23. The highest BCUT2D eigenvalue weighted by molar-refractivity contribution is 6.18. The third-order valence-electron chi connectivity index (χ3n) is 4.04. The van der Waals surface area contributed by atoms with Gasteiger partial charge in [-0.3, -0.25) is 4.79 Å². The van der Waals surface area contributed by atoms with Gasteiger partial charge in [-0.15, -0.1) is 0 Å². The number of unbranched alkanes of at least 4 members (excludes halogenated alkanes) is 2. The fourth-order valence-electron chi connectivity index (χ4n) is 2.70. The van der Waals surface area contributed by atoms with Crippen LogP contribution in [0, 0.1) is 0 Å². The molecule has 26 heavy (non-hydrogen) atoms. The smallest absolute Gasteiger partial charge is 0.336 e. The Bertz CT molecular complexity index is 760. The van der Waals surface area contributed by atoms with Gasteiger partial charge in [0.05, 0.1) is 16.7 Å². The van der Waals surface area contributed by atoms with Gasteiger partial charge in [-0.25, -0.2) is 9.59 Å². The average Bonchev–Trinajstić information content (AvgIpc) is 2.61. The Hall–Kier alpha value is -2.99. The maximum Gasteiger partial charge on any atom is 0.336 e. The molecule has 0 saturated carbocycles. The van der Waals surface area contributed by atoms with Gasteiger partial charge in [0.1, 0.15) is 0 Å². The third kappa shape index (κ3) is 4.77. The van der Waals surface area contributed by atoms with Crippen molar-refractivity contribution in [1.29, 1.82) is 0 Å². The molecule has 2 aromatic rings. The van der Waals surface area contributed by atoms with Crippen LogP contribution >= 0.6 is 0 Å². The van der Waals surface area contributed by atoms with E-state index in [-0.39, 0.29) is 27.7 Å². The lowest BCUT2D eigenvalue weighted by Gasteiger charge is -2.10. The molecule has 4 N–H and O–H groups in total. The lowest BCUT2D eigenvalue weighted by molar-refractivity contribution is 0.0689. The first-order chi connectivity index (χ1) is 12.0. The molecule has 0 saturated heterocycles. The Labute approximate surface area is 151 Å². The second-order valence-electron chi connectivity index (χ2n) is 5.82. The molecule has 0 heterocycles. The van der Waals surface area contributed by atoms with Gasteiger partial charge in [-0.1, -0.05) is 50.1 Å². The van der Waals surface area contributed by atoms with Gasteiger partial charge in [0.25, 0.3) is 0 Å². The zero-order chi connectivity index (χ0) is 18.4. The quantitative estimate of drug-likeness (QED) is 0.554. The maximum atomic E-state index is 12.7. The molecule has 138 valence electrons. The second kappa shape index (κ2) is 9.48. The molecule has 0 radical (unpaired) electrons. The number of benzene rings is 2. The highest BCUT2D eigenvalue weighted by Crippen LogP contribution is 2.21. The number of rotatable bonds is 8. The highest BCUT2D eigenvalue weighted by Gasteiger charge is 2.24. The third-order valence-corrected chi connectivity index (χ3v) is 4.04. The Morgan fingerprint density at radius 2 is 1.38 bits per heavy atom. The minimum absolute atomic E-state index is 0. The first-order valence-electron chi connectivity index (χ1n) is 8.19. The van der Waals surface area contributed by atoms with Crippen LogP contribution in [0.15, 0.2) is 42.5 Å². The molecular weight excluding hydrogens is 336 g/mol. The van der Waals surface area contributed by atoms with Gasteiger partial charge in [-0.2, -0.15) is 0 Å². The van der Waals surface area contributed by atoms with Crippen LogP contribution < -0.4 is 0 Å². The van der Waals surface area contributed by atoms with Crippen LogP contribution in [-0.2, 0) is 6.42 Å². The van der Waals surface area contributed by atoms with Gasteiger partial charge in [0.15, 0.2) is 5.78 Å². The van der Waals surface area contributed by atoms with E-state index in [4.69, 9.17) is 0 Å². The number of carboxylic acids is 2. The van der Waals surface area contributed by atoms with Crippen LogP contribution in [0.1, 0.15) is 68.4 Å². The van der Waals surface area contributed by atoms with Crippen molar-refractivity contribution in [3.05, 3.63) is 70.3 Å². The molecule has 2 rings (SSSR count). The van der Waals surface area contributed by atoms with E-state index in [9.17, 15) is 24.6 Å². The molecule has 0 aliphatic heterocycles. The summed E-state index contributed by atoms with van der Waals surface area (Å²) < 4.78 is 0. The van der Waals surface area contributed by atoms with Gasteiger partial charge in [0.2, 0.25) is 0 Å².